The van der Waals surface area contributed by atoms with Crippen molar-refractivity contribution in [3.05, 3.63) is 11.8 Å². The lowest BCUT2D eigenvalue weighted by Gasteiger charge is -2.32. The highest BCUT2D eigenvalue weighted by atomic mass is 16.2. The van der Waals surface area contributed by atoms with E-state index in [9.17, 15) is 9.59 Å². The summed E-state index contributed by atoms with van der Waals surface area (Å²) in [7, 11) is 1.83. The minimum absolute atomic E-state index is 0.164. The van der Waals surface area contributed by atoms with Gasteiger partial charge in [-0.05, 0) is 25.7 Å². The number of rotatable bonds is 3. The molecule has 110 valence electrons. The number of anilines is 1. The first kappa shape index (κ1) is 14.4. The van der Waals surface area contributed by atoms with E-state index in [2.05, 4.69) is 10.4 Å². The molecule has 1 aliphatic heterocycles. The van der Waals surface area contributed by atoms with Crippen LogP contribution in [0.25, 0.3) is 0 Å². The molecule has 2 heterocycles. The SMILES string of the molecule is Cc1cc(NC(=O)N2CCC[C@@H](CC(N)=O)C2)nn1C. The molecule has 0 saturated carbocycles. The summed E-state index contributed by atoms with van der Waals surface area (Å²) in [6.07, 6.45) is 2.18. The number of piperidine rings is 1. The summed E-state index contributed by atoms with van der Waals surface area (Å²) in [6, 6.07) is 1.65. The third-order valence-electron chi connectivity index (χ3n) is 3.64. The number of carbonyl (C=O) groups excluding carboxylic acids is 2. The molecule has 3 N–H and O–H groups in total. The van der Waals surface area contributed by atoms with Crippen molar-refractivity contribution in [1.29, 1.82) is 0 Å². The third-order valence-corrected chi connectivity index (χ3v) is 3.64. The first-order chi connectivity index (χ1) is 9.45. The molecule has 7 nitrogen and oxygen atoms in total. The van der Waals surface area contributed by atoms with E-state index < -0.39 is 0 Å². The molecule has 0 unspecified atom stereocenters. The fourth-order valence-electron chi connectivity index (χ4n) is 2.51. The average Bonchev–Trinajstić information content (AvgIpc) is 2.67. The Hall–Kier alpha value is -2.05. The number of likely N-dealkylation sites (tertiary alicyclic amines) is 1. The fourth-order valence-corrected chi connectivity index (χ4v) is 2.51. The molecule has 0 radical (unpaired) electrons. The summed E-state index contributed by atoms with van der Waals surface area (Å²) in [4.78, 5) is 24.9. The van der Waals surface area contributed by atoms with Crippen molar-refractivity contribution < 1.29 is 9.59 Å². The lowest BCUT2D eigenvalue weighted by molar-refractivity contribution is -0.119. The largest absolute Gasteiger partial charge is 0.370 e. The molecule has 0 spiro atoms. The van der Waals surface area contributed by atoms with Crippen molar-refractivity contribution in [1.82, 2.24) is 14.7 Å². The van der Waals surface area contributed by atoms with Crippen LogP contribution >= 0.6 is 0 Å². The molecule has 1 aliphatic rings. The zero-order chi connectivity index (χ0) is 14.7. The maximum absolute atomic E-state index is 12.2. The van der Waals surface area contributed by atoms with Crippen molar-refractivity contribution in [3.8, 4) is 0 Å². The van der Waals surface area contributed by atoms with Crippen molar-refractivity contribution in [2.45, 2.75) is 26.2 Å². The van der Waals surface area contributed by atoms with Crippen LogP contribution in [0.1, 0.15) is 25.0 Å². The van der Waals surface area contributed by atoms with Gasteiger partial charge < -0.3 is 10.6 Å². The van der Waals surface area contributed by atoms with Crippen LogP contribution in [0.2, 0.25) is 0 Å². The second-order valence-corrected chi connectivity index (χ2v) is 5.35. The molecule has 1 atom stereocenters. The van der Waals surface area contributed by atoms with E-state index in [1.807, 2.05) is 20.0 Å². The topological polar surface area (TPSA) is 93.2 Å². The van der Waals surface area contributed by atoms with E-state index in [0.717, 1.165) is 18.5 Å². The lowest BCUT2D eigenvalue weighted by Crippen LogP contribution is -2.43. The smallest absolute Gasteiger partial charge is 0.323 e. The maximum Gasteiger partial charge on any atom is 0.323 e. The van der Waals surface area contributed by atoms with Gasteiger partial charge in [0.2, 0.25) is 5.91 Å². The zero-order valence-electron chi connectivity index (χ0n) is 11.9. The molecule has 0 aromatic carbocycles. The number of hydrogen-bond donors (Lipinski definition) is 2. The summed E-state index contributed by atoms with van der Waals surface area (Å²) in [5, 5.41) is 6.98. The number of carbonyl (C=O) groups is 2. The summed E-state index contributed by atoms with van der Waals surface area (Å²) < 4.78 is 1.71. The average molecular weight is 279 g/mol. The Labute approximate surface area is 118 Å². The number of urea groups is 1. The van der Waals surface area contributed by atoms with Gasteiger partial charge in [-0.1, -0.05) is 0 Å². The Bertz CT molecular complexity index is 491. The van der Waals surface area contributed by atoms with Gasteiger partial charge in [-0.2, -0.15) is 5.10 Å². The van der Waals surface area contributed by atoms with E-state index in [1.165, 1.54) is 0 Å². The predicted octanol–water partition coefficient (Wildman–Crippen LogP) is 0.848. The number of nitrogens with one attached hydrogen (secondary N) is 1. The molecular formula is C13H21N5O2. The van der Waals surface area contributed by atoms with Crippen molar-refractivity contribution in [2.24, 2.45) is 18.7 Å². The zero-order valence-corrected chi connectivity index (χ0v) is 11.9. The Balaban J connectivity index is 1.93. The first-order valence-electron chi connectivity index (χ1n) is 6.80. The van der Waals surface area contributed by atoms with Gasteiger partial charge in [-0.3, -0.25) is 14.8 Å². The number of primary amides is 1. The quantitative estimate of drug-likeness (QED) is 0.859. The Kier molecular flexibility index (Phi) is 4.26. The van der Waals surface area contributed by atoms with Crippen molar-refractivity contribution in [3.63, 3.8) is 0 Å². The van der Waals surface area contributed by atoms with Crippen LogP contribution in [0.15, 0.2) is 6.07 Å². The molecule has 0 aliphatic carbocycles. The van der Waals surface area contributed by atoms with Crippen molar-refractivity contribution >= 4 is 17.8 Å². The van der Waals surface area contributed by atoms with Crippen LogP contribution < -0.4 is 11.1 Å². The molecule has 3 amide bonds. The highest BCUT2D eigenvalue weighted by Crippen LogP contribution is 2.20. The number of hydrogen-bond acceptors (Lipinski definition) is 3. The highest BCUT2D eigenvalue weighted by Gasteiger charge is 2.25. The molecule has 1 saturated heterocycles. The molecule has 1 aromatic heterocycles. The number of nitrogens with zero attached hydrogens (tertiary/aromatic N) is 3. The number of amides is 3. The second kappa shape index (κ2) is 5.94. The van der Waals surface area contributed by atoms with E-state index in [1.54, 1.807) is 9.58 Å². The van der Waals surface area contributed by atoms with Gasteiger partial charge in [0, 0.05) is 38.3 Å². The minimum Gasteiger partial charge on any atom is -0.370 e. The monoisotopic (exact) mass is 279 g/mol. The number of aromatic nitrogens is 2. The molecule has 7 heteroatoms. The van der Waals surface area contributed by atoms with Crippen LogP contribution in [0, 0.1) is 12.8 Å². The van der Waals surface area contributed by atoms with Gasteiger partial charge in [0.25, 0.3) is 0 Å². The number of aryl methyl sites for hydroxylation is 2. The summed E-state index contributed by atoms with van der Waals surface area (Å²) in [5.74, 6) is 0.405. The molecule has 20 heavy (non-hydrogen) atoms. The molecule has 0 bridgehead atoms. The van der Waals surface area contributed by atoms with Gasteiger partial charge in [-0.25, -0.2) is 4.79 Å². The van der Waals surface area contributed by atoms with Gasteiger partial charge in [-0.15, -0.1) is 0 Å². The highest BCUT2D eigenvalue weighted by molar-refractivity contribution is 5.88. The van der Waals surface area contributed by atoms with Gasteiger partial charge >= 0.3 is 6.03 Å². The lowest BCUT2D eigenvalue weighted by atomic mass is 9.95. The standard InChI is InChI=1S/C13H21N5O2/c1-9-6-12(16-17(9)2)15-13(20)18-5-3-4-10(8-18)7-11(14)19/h6,10H,3-5,7-8H2,1-2H3,(H2,14,19)(H,15,16,20)/t10-/m0/s1. The van der Waals surface area contributed by atoms with E-state index in [-0.39, 0.29) is 17.9 Å². The molecule has 2 rings (SSSR count). The Morgan fingerprint density at radius 2 is 2.30 bits per heavy atom. The second-order valence-electron chi connectivity index (χ2n) is 5.35. The molecule has 1 fully saturated rings. The Morgan fingerprint density at radius 1 is 1.55 bits per heavy atom. The summed E-state index contributed by atoms with van der Waals surface area (Å²) in [5.41, 5.74) is 6.19. The normalized spacial score (nSPS) is 18.9. The van der Waals surface area contributed by atoms with Crippen LogP contribution in [-0.4, -0.2) is 39.7 Å². The fraction of sp³-hybridized carbons (Fsp3) is 0.615. The Morgan fingerprint density at radius 3 is 2.90 bits per heavy atom. The van der Waals surface area contributed by atoms with Crippen LogP contribution in [0.5, 0.6) is 0 Å². The predicted molar refractivity (Wildman–Crippen MR) is 75.1 cm³/mol. The summed E-state index contributed by atoms with van der Waals surface area (Å²) >= 11 is 0. The van der Waals surface area contributed by atoms with Crippen molar-refractivity contribution in [2.75, 3.05) is 18.4 Å². The number of nitrogens with two attached hydrogens (primary N) is 1. The van der Waals surface area contributed by atoms with Gasteiger partial charge in [0.05, 0.1) is 0 Å². The first-order valence-corrected chi connectivity index (χ1v) is 6.80. The molecular weight excluding hydrogens is 258 g/mol. The molecule has 1 aromatic rings. The summed E-state index contributed by atoms with van der Waals surface area (Å²) in [6.45, 7) is 3.19. The van der Waals surface area contributed by atoms with Gasteiger partial charge in [0.1, 0.15) is 0 Å². The van der Waals surface area contributed by atoms with E-state index in [4.69, 9.17) is 5.73 Å². The third kappa shape index (κ3) is 3.49. The minimum atomic E-state index is -0.308. The van der Waals surface area contributed by atoms with Crippen LogP contribution in [-0.2, 0) is 11.8 Å². The van der Waals surface area contributed by atoms with Crippen LogP contribution in [0.3, 0.4) is 0 Å². The van der Waals surface area contributed by atoms with E-state index in [0.29, 0.717) is 25.3 Å². The van der Waals surface area contributed by atoms with Gasteiger partial charge in [0.15, 0.2) is 5.82 Å². The maximum atomic E-state index is 12.2. The van der Waals surface area contributed by atoms with E-state index >= 15 is 0 Å². The van der Waals surface area contributed by atoms with Crippen LogP contribution in [0.4, 0.5) is 10.6 Å².